The summed E-state index contributed by atoms with van der Waals surface area (Å²) < 4.78 is 21.0. The highest BCUT2D eigenvalue weighted by molar-refractivity contribution is 5.81. The first-order chi connectivity index (χ1) is 14.5. The summed E-state index contributed by atoms with van der Waals surface area (Å²) in [5, 5.41) is 2.97. The van der Waals surface area contributed by atoms with Gasteiger partial charge in [-0.1, -0.05) is 24.3 Å². The Hall–Kier alpha value is -3.22. The van der Waals surface area contributed by atoms with Crippen molar-refractivity contribution >= 4 is 11.9 Å². The second-order valence-electron chi connectivity index (χ2n) is 7.08. The molecule has 0 saturated heterocycles. The molecule has 2 aromatic carbocycles. The molecule has 0 fully saturated rings. The number of fused-ring (bicyclic) bond motifs is 1. The van der Waals surface area contributed by atoms with Crippen LogP contribution in [-0.4, -0.2) is 39.8 Å². The predicted octanol–water partition coefficient (Wildman–Crippen LogP) is 2.99. The van der Waals surface area contributed by atoms with E-state index in [4.69, 9.17) is 18.9 Å². The average molecular weight is 413 g/mol. The van der Waals surface area contributed by atoms with Gasteiger partial charge in [-0.15, -0.1) is 0 Å². The molecule has 1 aliphatic carbocycles. The van der Waals surface area contributed by atoms with Crippen molar-refractivity contribution in [3.05, 3.63) is 53.1 Å². The van der Waals surface area contributed by atoms with E-state index >= 15 is 0 Å². The van der Waals surface area contributed by atoms with Crippen molar-refractivity contribution in [3.63, 3.8) is 0 Å². The molecule has 3 rings (SSSR count). The maximum Gasteiger partial charge on any atom is 0.310 e. The van der Waals surface area contributed by atoms with Gasteiger partial charge < -0.3 is 24.3 Å². The molecule has 0 saturated carbocycles. The average Bonchev–Trinajstić information content (AvgIpc) is 2.77. The molecule has 30 heavy (non-hydrogen) atoms. The molecule has 0 aromatic heterocycles. The third-order valence-electron chi connectivity index (χ3n) is 5.14. The summed E-state index contributed by atoms with van der Waals surface area (Å²) >= 11 is 0. The summed E-state index contributed by atoms with van der Waals surface area (Å²) in [6.07, 6.45) is 2.90. The predicted molar refractivity (Wildman–Crippen MR) is 111 cm³/mol. The molecule has 0 bridgehead atoms. The number of benzene rings is 2. The van der Waals surface area contributed by atoms with E-state index in [1.165, 1.54) is 26.9 Å². The van der Waals surface area contributed by atoms with E-state index in [0.29, 0.717) is 22.8 Å². The number of hydrogen-bond donors (Lipinski definition) is 1. The first-order valence-electron chi connectivity index (χ1n) is 9.87. The van der Waals surface area contributed by atoms with Gasteiger partial charge in [-0.3, -0.25) is 9.59 Å². The molecule has 0 heterocycles. The van der Waals surface area contributed by atoms with Crippen molar-refractivity contribution in [3.8, 4) is 17.2 Å². The van der Waals surface area contributed by atoms with Crippen molar-refractivity contribution < 1.29 is 28.5 Å². The summed E-state index contributed by atoms with van der Waals surface area (Å²) in [4.78, 5) is 24.6. The smallest absolute Gasteiger partial charge is 0.310 e. The van der Waals surface area contributed by atoms with Crippen LogP contribution >= 0.6 is 0 Å². The number of carbonyl (C=O) groups excluding carboxylic acids is 2. The molecule has 1 amide bonds. The Kier molecular flexibility index (Phi) is 7.17. The number of ether oxygens (including phenoxy) is 4. The third kappa shape index (κ3) is 5.03. The Morgan fingerprint density at radius 3 is 2.40 bits per heavy atom. The zero-order chi connectivity index (χ0) is 21.5. The van der Waals surface area contributed by atoms with Crippen molar-refractivity contribution in [2.75, 3.05) is 27.9 Å². The monoisotopic (exact) mass is 413 g/mol. The first-order valence-corrected chi connectivity index (χ1v) is 9.87. The number of methoxy groups -OCH3 is 3. The molecule has 1 unspecified atom stereocenters. The maximum atomic E-state index is 12.3. The van der Waals surface area contributed by atoms with Crippen LogP contribution < -0.4 is 19.5 Å². The fraction of sp³-hybridized carbons (Fsp3) is 0.391. The normalized spacial score (nSPS) is 15.0. The van der Waals surface area contributed by atoms with Crippen molar-refractivity contribution in [1.82, 2.24) is 5.32 Å². The van der Waals surface area contributed by atoms with Crippen LogP contribution in [0.3, 0.4) is 0 Å². The highest BCUT2D eigenvalue weighted by atomic mass is 16.5. The van der Waals surface area contributed by atoms with Crippen LogP contribution in [0.1, 0.15) is 35.6 Å². The van der Waals surface area contributed by atoms with Gasteiger partial charge >= 0.3 is 5.97 Å². The Balaban J connectivity index is 1.56. The number of amides is 1. The molecule has 0 aliphatic heterocycles. The second-order valence-corrected chi connectivity index (χ2v) is 7.08. The van der Waals surface area contributed by atoms with E-state index in [1.807, 2.05) is 18.2 Å². The van der Waals surface area contributed by atoms with Gasteiger partial charge in [0.15, 0.2) is 18.1 Å². The van der Waals surface area contributed by atoms with E-state index in [1.54, 1.807) is 12.1 Å². The van der Waals surface area contributed by atoms with Crippen LogP contribution in [0.2, 0.25) is 0 Å². The number of rotatable bonds is 8. The molecule has 0 radical (unpaired) electrons. The molecule has 7 nitrogen and oxygen atoms in total. The fourth-order valence-corrected chi connectivity index (χ4v) is 3.74. The fourth-order valence-electron chi connectivity index (χ4n) is 3.74. The standard InChI is InChI=1S/C23H27NO6/c1-27-19-11-15(12-20(28-2)23(19)29-3)13-22(26)30-14-21(25)24-18-10-6-8-16-7-4-5-9-17(16)18/h4-5,7,9,11-12,18H,6,8,10,13-14H2,1-3H3,(H,24,25). The number of aryl methyl sites for hydroxylation is 1. The molecule has 7 heteroatoms. The molecule has 2 aromatic rings. The third-order valence-corrected chi connectivity index (χ3v) is 5.14. The van der Waals surface area contributed by atoms with Crippen LogP contribution in [0.15, 0.2) is 36.4 Å². The summed E-state index contributed by atoms with van der Waals surface area (Å²) in [5.74, 6) is 0.532. The SMILES string of the molecule is COc1cc(CC(=O)OCC(=O)NC2CCCc3ccccc32)cc(OC)c1OC. The van der Waals surface area contributed by atoms with Gasteiger partial charge in [-0.2, -0.15) is 0 Å². The maximum absolute atomic E-state index is 12.3. The van der Waals surface area contributed by atoms with Gasteiger partial charge in [0, 0.05) is 0 Å². The summed E-state index contributed by atoms with van der Waals surface area (Å²) in [6.45, 7) is -0.318. The van der Waals surface area contributed by atoms with Gasteiger partial charge in [0.1, 0.15) is 0 Å². The summed E-state index contributed by atoms with van der Waals surface area (Å²) in [5.41, 5.74) is 3.03. The number of nitrogens with one attached hydrogen (secondary N) is 1. The van der Waals surface area contributed by atoms with Crippen LogP contribution in [0.25, 0.3) is 0 Å². The summed E-state index contributed by atoms with van der Waals surface area (Å²) in [6, 6.07) is 11.4. The molecule has 1 N–H and O–H groups in total. The van der Waals surface area contributed by atoms with Crippen LogP contribution in [-0.2, 0) is 27.2 Å². The van der Waals surface area contributed by atoms with E-state index in [-0.39, 0.29) is 25.0 Å². The Morgan fingerprint density at radius 2 is 1.73 bits per heavy atom. The quantitative estimate of drug-likeness (QED) is 0.670. The number of carbonyl (C=O) groups is 2. The van der Waals surface area contributed by atoms with Gasteiger partial charge in [-0.05, 0) is 48.1 Å². The summed E-state index contributed by atoms with van der Waals surface area (Å²) in [7, 11) is 4.53. The van der Waals surface area contributed by atoms with Gasteiger partial charge in [0.05, 0.1) is 33.8 Å². The van der Waals surface area contributed by atoms with Crippen molar-refractivity contribution in [1.29, 1.82) is 0 Å². The minimum atomic E-state index is -0.511. The zero-order valence-corrected chi connectivity index (χ0v) is 17.5. The lowest BCUT2D eigenvalue weighted by Gasteiger charge is -2.26. The largest absolute Gasteiger partial charge is 0.493 e. The second kappa shape index (κ2) is 10.0. The minimum Gasteiger partial charge on any atom is -0.493 e. The number of esters is 1. The Morgan fingerprint density at radius 1 is 1.03 bits per heavy atom. The molecule has 0 spiro atoms. The van der Waals surface area contributed by atoms with E-state index in [9.17, 15) is 9.59 Å². The van der Waals surface area contributed by atoms with Crippen molar-refractivity contribution in [2.45, 2.75) is 31.7 Å². The van der Waals surface area contributed by atoms with E-state index in [0.717, 1.165) is 24.8 Å². The molecular weight excluding hydrogens is 386 g/mol. The zero-order valence-electron chi connectivity index (χ0n) is 17.5. The van der Waals surface area contributed by atoms with Crippen LogP contribution in [0, 0.1) is 0 Å². The van der Waals surface area contributed by atoms with Crippen LogP contribution in [0.5, 0.6) is 17.2 Å². The first kappa shape index (κ1) is 21.5. The Labute approximate surface area is 176 Å². The Bertz CT molecular complexity index is 885. The lowest BCUT2D eigenvalue weighted by atomic mass is 9.88. The van der Waals surface area contributed by atoms with Gasteiger partial charge in [0.2, 0.25) is 5.75 Å². The van der Waals surface area contributed by atoms with Gasteiger partial charge in [0.25, 0.3) is 5.91 Å². The van der Waals surface area contributed by atoms with E-state index < -0.39 is 5.97 Å². The molecule has 1 aliphatic rings. The topological polar surface area (TPSA) is 83.1 Å². The van der Waals surface area contributed by atoms with E-state index in [2.05, 4.69) is 11.4 Å². The molecule has 1 atom stereocenters. The number of hydrogen-bond acceptors (Lipinski definition) is 6. The lowest BCUT2D eigenvalue weighted by molar-refractivity contribution is -0.148. The lowest BCUT2D eigenvalue weighted by Crippen LogP contribution is -2.34. The highest BCUT2D eigenvalue weighted by Gasteiger charge is 2.22. The molecular formula is C23H27NO6. The van der Waals surface area contributed by atoms with Crippen LogP contribution in [0.4, 0.5) is 0 Å². The highest BCUT2D eigenvalue weighted by Crippen LogP contribution is 2.38. The minimum absolute atomic E-state index is 0.0176. The molecule has 160 valence electrons. The van der Waals surface area contributed by atoms with Gasteiger partial charge in [-0.25, -0.2) is 0 Å². The van der Waals surface area contributed by atoms with Crippen molar-refractivity contribution in [2.24, 2.45) is 0 Å².